The molecule has 1 saturated carbocycles. The lowest BCUT2D eigenvalue weighted by Gasteiger charge is -2.15. The molecule has 0 aliphatic heterocycles. The Labute approximate surface area is 76.3 Å². The third-order valence-corrected chi connectivity index (χ3v) is 2.54. The Morgan fingerprint density at radius 3 is 2.69 bits per heavy atom. The molecule has 2 unspecified atom stereocenters. The van der Waals surface area contributed by atoms with Gasteiger partial charge in [0.15, 0.2) is 0 Å². The molecule has 0 radical (unpaired) electrons. The van der Waals surface area contributed by atoms with Gasteiger partial charge in [-0.3, -0.25) is 0 Å². The Bertz CT molecular complexity index is 309. The van der Waals surface area contributed by atoms with E-state index < -0.39 is 0 Å². The quantitative estimate of drug-likeness (QED) is 0.576. The molecule has 0 aromatic carbocycles. The molecule has 1 aromatic heterocycles. The number of rotatable bonds is 1. The van der Waals surface area contributed by atoms with Crippen LogP contribution >= 0.6 is 0 Å². The predicted molar refractivity (Wildman–Crippen MR) is 49.9 cm³/mol. The molecular formula is C8H14N4O. The van der Waals surface area contributed by atoms with E-state index in [1.54, 1.807) is 10.7 Å². The summed E-state index contributed by atoms with van der Waals surface area (Å²) in [5, 5.41) is 13.7. The van der Waals surface area contributed by atoms with Crippen LogP contribution in [0.1, 0.15) is 25.3 Å². The van der Waals surface area contributed by atoms with Gasteiger partial charge in [0, 0.05) is 6.07 Å². The number of hydrogen-bond donors (Lipinski definition) is 3. The summed E-state index contributed by atoms with van der Waals surface area (Å²) in [6.07, 6.45) is 2.43. The minimum atomic E-state index is -0.332. The fourth-order valence-corrected chi connectivity index (χ4v) is 1.90. The highest BCUT2D eigenvalue weighted by Crippen LogP contribution is 2.31. The van der Waals surface area contributed by atoms with Crippen LogP contribution in [0.3, 0.4) is 0 Å². The topological polar surface area (TPSA) is 90.1 Å². The van der Waals surface area contributed by atoms with Gasteiger partial charge >= 0.3 is 0 Å². The zero-order valence-corrected chi connectivity index (χ0v) is 7.35. The van der Waals surface area contributed by atoms with Gasteiger partial charge in [0.05, 0.1) is 12.1 Å². The fraction of sp³-hybridized carbons (Fsp3) is 0.625. The lowest BCUT2D eigenvalue weighted by atomic mass is 10.2. The second-order valence-electron chi connectivity index (χ2n) is 3.50. The largest absolute Gasteiger partial charge is 0.391 e. The SMILES string of the molecule is Nc1cc(N)n(C2CCCC2O)n1. The average molecular weight is 182 g/mol. The van der Waals surface area contributed by atoms with Crippen LogP contribution in [0.25, 0.3) is 0 Å². The maximum Gasteiger partial charge on any atom is 0.147 e. The summed E-state index contributed by atoms with van der Waals surface area (Å²) in [6.45, 7) is 0. The Morgan fingerprint density at radius 2 is 2.23 bits per heavy atom. The molecule has 0 amide bonds. The number of nitrogens with zero attached hydrogens (tertiary/aromatic N) is 2. The first-order chi connectivity index (χ1) is 6.18. The van der Waals surface area contributed by atoms with E-state index in [-0.39, 0.29) is 12.1 Å². The van der Waals surface area contributed by atoms with E-state index in [0.717, 1.165) is 19.3 Å². The van der Waals surface area contributed by atoms with Gasteiger partial charge in [-0.2, -0.15) is 5.10 Å². The molecule has 1 fully saturated rings. The van der Waals surface area contributed by atoms with Crippen molar-refractivity contribution in [2.75, 3.05) is 11.5 Å². The van der Waals surface area contributed by atoms with E-state index in [1.165, 1.54) is 0 Å². The summed E-state index contributed by atoms with van der Waals surface area (Å²) in [6, 6.07) is 1.63. The van der Waals surface area contributed by atoms with Gasteiger partial charge in [-0.1, -0.05) is 0 Å². The first-order valence-electron chi connectivity index (χ1n) is 4.47. The highest BCUT2D eigenvalue weighted by atomic mass is 16.3. The Kier molecular flexibility index (Phi) is 1.88. The maximum absolute atomic E-state index is 9.62. The Morgan fingerprint density at radius 1 is 1.46 bits per heavy atom. The highest BCUT2D eigenvalue weighted by molar-refractivity contribution is 5.42. The van der Waals surface area contributed by atoms with Crippen LogP contribution in [0.2, 0.25) is 0 Å². The molecule has 5 N–H and O–H groups in total. The minimum absolute atomic E-state index is 0.0114. The molecule has 2 rings (SSSR count). The van der Waals surface area contributed by atoms with E-state index in [1.807, 2.05) is 0 Å². The number of aromatic nitrogens is 2. The molecular weight excluding hydrogens is 168 g/mol. The van der Waals surface area contributed by atoms with Gasteiger partial charge in [-0.05, 0) is 19.3 Å². The van der Waals surface area contributed by atoms with Crippen LogP contribution in [0.5, 0.6) is 0 Å². The molecule has 1 aliphatic carbocycles. The maximum atomic E-state index is 9.62. The summed E-state index contributed by atoms with van der Waals surface area (Å²) in [5.74, 6) is 0.944. The van der Waals surface area contributed by atoms with Crippen molar-refractivity contribution in [2.45, 2.75) is 31.4 Å². The number of aliphatic hydroxyl groups excluding tert-OH is 1. The van der Waals surface area contributed by atoms with Crippen molar-refractivity contribution >= 4 is 11.6 Å². The van der Waals surface area contributed by atoms with Crippen LogP contribution in [0.4, 0.5) is 11.6 Å². The summed E-state index contributed by atoms with van der Waals surface area (Å²) in [7, 11) is 0. The third kappa shape index (κ3) is 1.35. The molecule has 13 heavy (non-hydrogen) atoms. The van der Waals surface area contributed by atoms with Crippen molar-refractivity contribution in [3.8, 4) is 0 Å². The summed E-state index contributed by atoms with van der Waals surface area (Å²) in [5.41, 5.74) is 11.2. The monoisotopic (exact) mass is 182 g/mol. The van der Waals surface area contributed by atoms with Gasteiger partial charge in [-0.15, -0.1) is 0 Å². The van der Waals surface area contributed by atoms with E-state index >= 15 is 0 Å². The first kappa shape index (κ1) is 8.37. The van der Waals surface area contributed by atoms with Gasteiger partial charge < -0.3 is 16.6 Å². The minimum Gasteiger partial charge on any atom is -0.391 e. The van der Waals surface area contributed by atoms with Crippen molar-refractivity contribution in [2.24, 2.45) is 0 Å². The molecule has 1 aliphatic rings. The molecule has 5 heteroatoms. The van der Waals surface area contributed by atoms with Gasteiger partial charge in [-0.25, -0.2) is 4.68 Å². The van der Waals surface area contributed by atoms with Crippen LogP contribution in [-0.4, -0.2) is 21.0 Å². The number of hydrogen-bond acceptors (Lipinski definition) is 4. The Balaban J connectivity index is 2.28. The fourth-order valence-electron chi connectivity index (χ4n) is 1.90. The van der Waals surface area contributed by atoms with Crippen LogP contribution in [0.15, 0.2) is 6.07 Å². The van der Waals surface area contributed by atoms with Crippen molar-refractivity contribution in [3.05, 3.63) is 6.07 Å². The normalized spacial score (nSPS) is 28.1. The number of nitrogen functional groups attached to an aromatic ring is 2. The number of nitrogens with two attached hydrogens (primary N) is 2. The first-order valence-corrected chi connectivity index (χ1v) is 4.47. The Hall–Kier alpha value is -1.23. The zero-order chi connectivity index (χ0) is 9.42. The number of anilines is 2. The van der Waals surface area contributed by atoms with Gasteiger partial charge in [0.25, 0.3) is 0 Å². The summed E-state index contributed by atoms with van der Waals surface area (Å²) in [4.78, 5) is 0. The molecule has 2 atom stereocenters. The lowest BCUT2D eigenvalue weighted by molar-refractivity contribution is 0.131. The van der Waals surface area contributed by atoms with Crippen molar-refractivity contribution in [3.63, 3.8) is 0 Å². The van der Waals surface area contributed by atoms with Crippen LogP contribution in [-0.2, 0) is 0 Å². The molecule has 1 aromatic rings. The summed E-state index contributed by atoms with van der Waals surface area (Å²) >= 11 is 0. The molecule has 72 valence electrons. The van der Waals surface area contributed by atoms with Crippen molar-refractivity contribution in [1.29, 1.82) is 0 Å². The van der Waals surface area contributed by atoms with Gasteiger partial charge in [0.1, 0.15) is 11.6 Å². The average Bonchev–Trinajstić information content (AvgIpc) is 2.58. The second kappa shape index (κ2) is 2.92. The van der Waals surface area contributed by atoms with Crippen molar-refractivity contribution in [1.82, 2.24) is 9.78 Å². The summed E-state index contributed by atoms with van der Waals surface area (Å²) < 4.78 is 1.63. The highest BCUT2D eigenvalue weighted by Gasteiger charge is 2.28. The van der Waals surface area contributed by atoms with Gasteiger partial charge in [0.2, 0.25) is 0 Å². The molecule has 0 bridgehead atoms. The molecule has 5 nitrogen and oxygen atoms in total. The third-order valence-electron chi connectivity index (χ3n) is 2.54. The van der Waals surface area contributed by atoms with E-state index in [2.05, 4.69) is 5.10 Å². The second-order valence-corrected chi connectivity index (χ2v) is 3.50. The van der Waals surface area contributed by atoms with Crippen LogP contribution in [0, 0.1) is 0 Å². The van der Waals surface area contributed by atoms with Crippen molar-refractivity contribution < 1.29 is 5.11 Å². The zero-order valence-electron chi connectivity index (χ0n) is 7.35. The smallest absolute Gasteiger partial charge is 0.147 e. The standard InChI is InChI=1S/C8H14N4O/c9-7-4-8(10)12(11-7)5-2-1-3-6(5)13/h4-6,13H,1-3,10H2,(H2,9,11). The van der Waals surface area contributed by atoms with Crippen LogP contribution < -0.4 is 11.5 Å². The lowest BCUT2D eigenvalue weighted by Crippen LogP contribution is -2.20. The molecule has 0 spiro atoms. The molecule has 1 heterocycles. The van der Waals surface area contributed by atoms with E-state index in [0.29, 0.717) is 11.6 Å². The van der Waals surface area contributed by atoms with E-state index in [9.17, 15) is 5.11 Å². The molecule has 0 saturated heterocycles. The van der Waals surface area contributed by atoms with E-state index in [4.69, 9.17) is 11.5 Å². The number of aliphatic hydroxyl groups is 1. The predicted octanol–water partition coefficient (Wildman–Crippen LogP) is 0.133.